The predicted molar refractivity (Wildman–Crippen MR) is 64.0 cm³/mol. The Balaban J connectivity index is 2.27. The molecule has 0 bridgehead atoms. The average Bonchev–Trinajstić information content (AvgIpc) is 3.03. The number of rotatable bonds is 2. The van der Waals surface area contributed by atoms with Crippen molar-refractivity contribution in [2.24, 2.45) is 0 Å². The zero-order valence-corrected chi connectivity index (χ0v) is 10.5. The zero-order valence-electron chi connectivity index (χ0n) is 8.96. The molecule has 0 heterocycles. The van der Waals surface area contributed by atoms with E-state index < -0.39 is 0 Å². The summed E-state index contributed by atoms with van der Waals surface area (Å²) in [5, 5.41) is 0. The highest BCUT2D eigenvalue weighted by Crippen LogP contribution is 2.27. The third kappa shape index (κ3) is 2.23. The number of halogens is 1. The summed E-state index contributed by atoms with van der Waals surface area (Å²) in [7, 11) is 1.89. The molecular formula is C12H14BrNO. The fraction of sp³-hybridized carbons (Fsp3) is 0.417. The van der Waals surface area contributed by atoms with E-state index in [1.54, 1.807) is 0 Å². The van der Waals surface area contributed by atoms with E-state index in [0.29, 0.717) is 6.04 Å². The van der Waals surface area contributed by atoms with Crippen molar-refractivity contribution in [2.75, 3.05) is 7.05 Å². The van der Waals surface area contributed by atoms with Crippen LogP contribution in [0.5, 0.6) is 0 Å². The third-order valence-corrected chi connectivity index (χ3v) is 3.34. The van der Waals surface area contributed by atoms with Gasteiger partial charge in [-0.25, -0.2) is 0 Å². The van der Waals surface area contributed by atoms with Crippen molar-refractivity contribution in [2.45, 2.75) is 25.8 Å². The first-order valence-electron chi connectivity index (χ1n) is 5.13. The molecule has 0 saturated heterocycles. The molecule has 1 aliphatic carbocycles. The second-order valence-corrected chi connectivity index (χ2v) is 5.02. The quantitative estimate of drug-likeness (QED) is 0.807. The van der Waals surface area contributed by atoms with Crippen LogP contribution in [0.1, 0.15) is 28.8 Å². The van der Waals surface area contributed by atoms with Crippen LogP contribution in [0.25, 0.3) is 0 Å². The summed E-state index contributed by atoms with van der Waals surface area (Å²) in [6, 6.07) is 6.30. The van der Waals surface area contributed by atoms with Gasteiger partial charge in [0.05, 0.1) is 0 Å². The molecule has 1 amide bonds. The molecule has 0 N–H and O–H groups in total. The van der Waals surface area contributed by atoms with Gasteiger partial charge in [-0.1, -0.05) is 22.0 Å². The van der Waals surface area contributed by atoms with Crippen molar-refractivity contribution in [3.05, 3.63) is 33.8 Å². The second-order valence-electron chi connectivity index (χ2n) is 4.11. The Morgan fingerprint density at radius 2 is 2.13 bits per heavy atom. The molecule has 0 aliphatic heterocycles. The minimum atomic E-state index is 0.135. The van der Waals surface area contributed by atoms with Crippen LogP contribution in [0.15, 0.2) is 22.7 Å². The molecule has 0 unspecified atom stereocenters. The van der Waals surface area contributed by atoms with Crippen molar-refractivity contribution in [3.8, 4) is 0 Å². The first-order valence-corrected chi connectivity index (χ1v) is 5.92. The lowest BCUT2D eigenvalue weighted by atomic mass is 10.1. The molecule has 2 nitrogen and oxygen atoms in total. The van der Waals surface area contributed by atoms with Gasteiger partial charge in [-0.15, -0.1) is 0 Å². The molecular weight excluding hydrogens is 254 g/mol. The van der Waals surface area contributed by atoms with Gasteiger partial charge in [0.25, 0.3) is 5.91 Å². The minimum Gasteiger partial charge on any atom is -0.339 e. The Bertz CT molecular complexity index is 399. The third-order valence-electron chi connectivity index (χ3n) is 2.84. The van der Waals surface area contributed by atoms with Gasteiger partial charge in [0.2, 0.25) is 0 Å². The summed E-state index contributed by atoms with van der Waals surface area (Å²) >= 11 is 3.40. The summed E-state index contributed by atoms with van der Waals surface area (Å²) in [5.41, 5.74) is 1.84. The molecule has 80 valence electrons. The van der Waals surface area contributed by atoms with E-state index in [0.717, 1.165) is 28.4 Å². The molecule has 1 aromatic carbocycles. The number of amides is 1. The standard InChI is InChI=1S/C12H14BrNO/c1-8-3-4-9(13)7-11(8)12(15)14(2)10-5-6-10/h3-4,7,10H,5-6H2,1-2H3. The molecule has 3 heteroatoms. The van der Waals surface area contributed by atoms with Crippen LogP contribution in [0, 0.1) is 6.92 Å². The monoisotopic (exact) mass is 267 g/mol. The van der Waals surface area contributed by atoms with Crippen LogP contribution in [0.4, 0.5) is 0 Å². The number of carbonyl (C=O) groups excluding carboxylic acids is 1. The summed E-state index contributed by atoms with van der Waals surface area (Å²) < 4.78 is 0.959. The van der Waals surface area contributed by atoms with Crippen molar-refractivity contribution in [3.63, 3.8) is 0 Å². The van der Waals surface area contributed by atoms with Crippen LogP contribution >= 0.6 is 15.9 Å². The van der Waals surface area contributed by atoms with Crippen LogP contribution < -0.4 is 0 Å². The Kier molecular flexibility index (Phi) is 2.83. The van der Waals surface area contributed by atoms with E-state index in [2.05, 4.69) is 15.9 Å². The van der Waals surface area contributed by atoms with Gasteiger partial charge in [-0.05, 0) is 37.5 Å². The summed E-state index contributed by atoms with van der Waals surface area (Å²) in [6.45, 7) is 1.97. The second kappa shape index (κ2) is 3.97. The van der Waals surface area contributed by atoms with E-state index >= 15 is 0 Å². The van der Waals surface area contributed by atoms with Gasteiger partial charge in [0, 0.05) is 23.1 Å². The van der Waals surface area contributed by atoms with Gasteiger partial charge < -0.3 is 4.90 Å². The highest BCUT2D eigenvalue weighted by molar-refractivity contribution is 9.10. The Morgan fingerprint density at radius 1 is 1.47 bits per heavy atom. The highest BCUT2D eigenvalue weighted by Gasteiger charge is 2.30. The van der Waals surface area contributed by atoms with Crippen LogP contribution in [-0.4, -0.2) is 23.9 Å². The number of hydrogen-bond acceptors (Lipinski definition) is 1. The molecule has 1 aliphatic rings. The average molecular weight is 268 g/mol. The van der Waals surface area contributed by atoms with Crippen molar-refractivity contribution in [1.29, 1.82) is 0 Å². The number of aryl methyl sites for hydroxylation is 1. The van der Waals surface area contributed by atoms with E-state index in [1.165, 1.54) is 0 Å². The first kappa shape index (κ1) is 10.7. The maximum atomic E-state index is 12.1. The fourth-order valence-corrected chi connectivity index (χ4v) is 2.00. The Labute approximate surface area is 98.4 Å². The maximum absolute atomic E-state index is 12.1. The van der Waals surface area contributed by atoms with Crippen LogP contribution in [0.2, 0.25) is 0 Å². The Morgan fingerprint density at radius 3 is 2.73 bits per heavy atom. The molecule has 2 rings (SSSR count). The largest absolute Gasteiger partial charge is 0.339 e. The zero-order chi connectivity index (χ0) is 11.0. The van der Waals surface area contributed by atoms with Gasteiger partial charge in [0.1, 0.15) is 0 Å². The number of benzene rings is 1. The predicted octanol–water partition coefficient (Wildman–Crippen LogP) is 2.99. The van der Waals surface area contributed by atoms with Crippen LogP contribution in [-0.2, 0) is 0 Å². The number of hydrogen-bond donors (Lipinski definition) is 0. The first-order chi connectivity index (χ1) is 7.09. The van der Waals surface area contributed by atoms with E-state index in [9.17, 15) is 4.79 Å². The van der Waals surface area contributed by atoms with Gasteiger partial charge >= 0.3 is 0 Å². The van der Waals surface area contributed by atoms with E-state index in [1.807, 2.05) is 37.1 Å². The van der Waals surface area contributed by atoms with Crippen molar-refractivity contribution >= 4 is 21.8 Å². The van der Waals surface area contributed by atoms with Crippen molar-refractivity contribution < 1.29 is 4.79 Å². The molecule has 15 heavy (non-hydrogen) atoms. The molecule has 1 fully saturated rings. The molecule has 0 aromatic heterocycles. The molecule has 1 aromatic rings. The Hall–Kier alpha value is -0.830. The summed E-state index contributed by atoms with van der Waals surface area (Å²) in [5.74, 6) is 0.135. The molecule has 0 radical (unpaired) electrons. The molecule has 0 atom stereocenters. The number of nitrogens with zero attached hydrogens (tertiary/aromatic N) is 1. The smallest absolute Gasteiger partial charge is 0.254 e. The molecule has 1 saturated carbocycles. The summed E-state index contributed by atoms with van der Waals surface area (Å²) in [6.07, 6.45) is 2.30. The highest BCUT2D eigenvalue weighted by atomic mass is 79.9. The summed E-state index contributed by atoms with van der Waals surface area (Å²) in [4.78, 5) is 14.0. The lowest BCUT2D eigenvalue weighted by Gasteiger charge is -2.17. The van der Waals surface area contributed by atoms with Gasteiger partial charge in [-0.2, -0.15) is 0 Å². The van der Waals surface area contributed by atoms with Crippen LogP contribution in [0.3, 0.4) is 0 Å². The van der Waals surface area contributed by atoms with E-state index in [-0.39, 0.29) is 5.91 Å². The number of carbonyl (C=O) groups is 1. The minimum absolute atomic E-state index is 0.135. The van der Waals surface area contributed by atoms with Crippen molar-refractivity contribution in [1.82, 2.24) is 4.90 Å². The van der Waals surface area contributed by atoms with E-state index in [4.69, 9.17) is 0 Å². The fourth-order valence-electron chi connectivity index (χ4n) is 1.64. The lowest BCUT2D eigenvalue weighted by molar-refractivity contribution is 0.0784. The topological polar surface area (TPSA) is 20.3 Å². The molecule has 0 spiro atoms. The van der Waals surface area contributed by atoms with Gasteiger partial charge in [0.15, 0.2) is 0 Å². The van der Waals surface area contributed by atoms with Gasteiger partial charge in [-0.3, -0.25) is 4.79 Å². The normalized spacial score (nSPS) is 15.1. The maximum Gasteiger partial charge on any atom is 0.254 e. The SMILES string of the molecule is Cc1ccc(Br)cc1C(=O)N(C)C1CC1. The lowest BCUT2D eigenvalue weighted by Crippen LogP contribution is -2.29.